The molecule has 0 aliphatic rings. The zero-order valence-corrected chi connectivity index (χ0v) is 8.63. The Balaban J connectivity index is 2.83. The topological polar surface area (TPSA) is 56.1 Å². The van der Waals surface area contributed by atoms with Crippen molar-refractivity contribution in [1.29, 1.82) is 0 Å². The summed E-state index contributed by atoms with van der Waals surface area (Å²) in [5, 5.41) is 5.58. The Morgan fingerprint density at radius 1 is 1.62 bits per heavy atom. The van der Waals surface area contributed by atoms with E-state index in [1.54, 1.807) is 0 Å². The molecular formula is C8H10F3N3O2. The molecule has 1 heterocycles. The number of carbonyl (C=O) groups is 1. The highest BCUT2D eigenvalue weighted by molar-refractivity contribution is 5.75. The lowest BCUT2D eigenvalue weighted by molar-refractivity contribution is -0.141. The Kier molecular flexibility index (Phi) is 3.41. The Labute approximate surface area is 89.2 Å². The van der Waals surface area contributed by atoms with Crippen molar-refractivity contribution in [2.24, 2.45) is 7.05 Å². The fraction of sp³-hybridized carbons (Fsp3) is 0.500. The van der Waals surface area contributed by atoms with E-state index in [0.29, 0.717) is 0 Å². The third kappa shape index (κ3) is 2.88. The summed E-state index contributed by atoms with van der Waals surface area (Å²) >= 11 is 0. The molecule has 1 N–H and O–H groups in total. The van der Waals surface area contributed by atoms with Gasteiger partial charge in [-0.1, -0.05) is 0 Å². The molecule has 0 saturated heterocycles. The molecule has 0 fully saturated rings. The predicted octanol–water partition coefficient (Wildman–Crippen LogP) is 1.02. The van der Waals surface area contributed by atoms with Crippen molar-refractivity contribution in [2.75, 3.05) is 19.0 Å². The SMILES string of the molecule is COC(=O)CNc1cn(C)nc1C(F)(F)F. The number of hydrogen-bond acceptors (Lipinski definition) is 4. The van der Waals surface area contributed by atoms with E-state index in [2.05, 4.69) is 15.2 Å². The third-order valence-corrected chi connectivity index (χ3v) is 1.75. The molecule has 0 radical (unpaired) electrons. The van der Waals surface area contributed by atoms with Crippen LogP contribution in [0.1, 0.15) is 5.69 Å². The largest absolute Gasteiger partial charge is 0.468 e. The van der Waals surface area contributed by atoms with Crippen LogP contribution in [-0.2, 0) is 22.8 Å². The normalized spacial score (nSPS) is 11.3. The second kappa shape index (κ2) is 4.42. The highest BCUT2D eigenvalue weighted by atomic mass is 19.4. The van der Waals surface area contributed by atoms with Gasteiger partial charge in [-0.15, -0.1) is 0 Å². The molecule has 0 aliphatic heterocycles. The monoisotopic (exact) mass is 237 g/mol. The Morgan fingerprint density at radius 3 is 2.75 bits per heavy atom. The number of hydrogen-bond donors (Lipinski definition) is 1. The maximum absolute atomic E-state index is 12.4. The zero-order valence-electron chi connectivity index (χ0n) is 8.63. The van der Waals surface area contributed by atoms with Crippen LogP contribution in [0, 0.1) is 0 Å². The van der Waals surface area contributed by atoms with Crippen LogP contribution in [0.4, 0.5) is 18.9 Å². The summed E-state index contributed by atoms with van der Waals surface area (Å²) in [7, 11) is 2.51. The summed E-state index contributed by atoms with van der Waals surface area (Å²) in [6.07, 6.45) is -3.41. The lowest BCUT2D eigenvalue weighted by Gasteiger charge is -2.07. The van der Waals surface area contributed by atoms with Crippen molar-refractivity contribution in [1.82, 2.24) is 9.78 Å². The summed E-state index contributed by atoms with van der Waals surface area (Å²) in [5.41, 5.74) is -1.31. The maximum atomic E-state index is 12.4. The fourth-order valence-corrected chi connectivity index (χ4v) is 1.07. The highest BCUT2D eigenvalue weighted by Crippen LogP contribution is 2.33. The molecule has 0 unspecified atom stereocenters. The second-order valence-electron chi connectivity index (χ2n) is 2.99. The van der Waals surface area contributed by atoms with Crippen molar-refractivity contribution in [3.05, 3.63) is 11.9 Å². The highest BCUT2D eigenvalue weighted by Gasteiger charge is 2.37. The molecule has 0 amide bonds. The van der Waals surface area contributed by atoms with Crippen LogP contribution in [0.5, 0.6) is 0 Å². The number of aryl methyl sites for hydroxylation is 1. The molecule has 8 heteroatoms. The first-order chi connectivity index (χ1) is 7.34. The zero-order chi connectivity index (χ0) is 12.3. The average molecular weight is 237 g/mol. The lowest BCUT2D eigenvalue weighted by atomic mass is 10.3. The summed E-state index contributed by atoms with van der Waals surface area (Å²) < 4.78 is 42.6. The van der Waals surface area contributed by atoms with E-state index in [0.717, 1.165) is 18.0 Å². The van der Waals surface area contributed by atoms with Gasteiger partial charge < -0.3 is 10.1 Å². The molecule has 1 aromatic heterocycles. The molecule has 1 rings (SSSR count). The molecule has 1 aromatic rings. The van der Waals surface area contributed by atoms with E-state index in [1.807, 2.05) is 0 Å². The predicted molar refractivity (Wildman–Crippen MR) is 48.7 cm³/mol. The van der Waals surface area contributed by atoms with Crippen molar-refractivity contribution in [3.63, 3.8) is 0 Å². The molecule has 16 heavy (non-hydrogen) atoms. The van der Waals surface area contributed by atoms with Crippen LogP contribution in [0.15, 0.2) is 6.20 Å². The quantitative estimate of drug-likeness (QED) is 0.797. The van der Waals surface area contributed by atoms with Crippen LogP contribution in [-0.4, -0.2) is 29.4 Å². The minimum Gasteiger partial charge on any atom is -0.468 e. The number of anilines is 1. The van der Waals surface area contributed by atoms with Crippen LogP contribution >= 0.6 is 0 Å². The Morgan fingerprint density at radius 2 is 2.25 bits per heavy atom. The minimum atomic E-state index is -4.56. The molecule has 0 bridgehead atoms. The number of rotatable bonds is 3. The number of nitrogens with zero attached hydrogens (tertiary/aromatic N) is 2. The number of nitrogens with one attached hydrogen (secondary N) is 1. The molecular weight excluding hydrogens is 227 g/mol. The Bertz CT molecular complexity index is 386. The molecule has 0 aromatic carbocycles. The molecule has 5 nitrogen and oxygen atoms in total. The van der Waals surface area contributed by atoms with E-state index in [1.165, 1.54) is 7.05 Å². The number of methoxy groups -OCH3 is 1. The molecule has 0 atom stereocenters. The lowest BCUT2D eigenvalue weighted by Crippen LogP contribution is -2.17. The van der Waals surface area contributed by atoms with Crippen molar-refractivity contribution in [3.8, 4) is 0 Å². The number of carbonyl (C=O) groups excluding carboxylic acids is 1. The number of aromatic nitrogens is 2. The van der Waals surface area contributed by atoms with Gasteiger partial charge in [-0.05, 0) is 0 Å². The van der Waals surface area contributed by atoms with Gasteiger partial charge in [0.2, 0.25) is 0 Å². The molecule has 0 saturated carbocycles. The molecule has 0 spiro atoms. The summed E-state index contributed by atoms with van der Waals surface area (Å²) in [4.78, 5) is 10.8. The van der Waals surface area contributed by atoms with Gasteiger partial charge in [-0.25, -0.2) is 0 Å². The number of esters is 1. The number of alkyl halides is 3. The molecule has 90 valence electrons. The second-order valence-corrected chi connectivity index (χ2v) is 2.99. The maximum Gasteiger partial charge on any atom is 0.437 e. The van der Waals surface area contributed by atoms with Gasteiger partial charge in [0.25, 0.3) is 0 Å². The number of halogens is 3. The standard InChI is InChI=1S/C8H10F3N3O2/c1-14-4-5(12-3-6(15)16-2)7(13-14)8(9,10)11/h4,12H,3H2,1-2H3. The third-order valence-electron chi connectivity index (χ3n) is 1.75. The van der Waals surface area contributed by atoms with Gasteiger partial charge in [0.05, 0.1) is 12.8 Å². The summed E-state index contributed by atoms with van der Waals surface area (Å²) in [5.74, 6) is -0.656. The van der Waals surface area contributed by atoms with E-state index < -0.39 is 17.8 Å². The first-order valence-corrected chi connectivity index (χ1v) is 4.26. The van der Waals surface area contributed by atoms with E-state index in [9.17, 15) is 18.0 Å². The van der Waals surface area contributed by atoms with Crippen LogP contribution in [0.2, 0.25) is 0 Å². The van der Waals surface area contributed by atoms with Crippen LogP contribution in [0.3, 0.4) is 0 Å². The summed E-state index contributed by atoms with van der Waals surface area (Å²) in [6.45, 7) is -0.342. The Hall–Kier alpha value is -1.73. The van der Waals surface area contributed by atoms with Gasteiger partial charge in [0.15, 0.2) is 5.69 Å². The summed E-state index contributed by atoms with van der Waals surface area (Å²) in [6, 6.07) is 0. The smallest absolute Gasteiger partial charge is 0.437 e. The van der Waals surface area contributed by atoms with Crippen LogP contribution < -0.4 is 5.32 Å². The fourth-order valence-electron chi connectivity index (χ4n) is 1.07. The van der Waals surface area contributed by atoms with E-state index >= 15 is 0 Å². The van der Waals surface area contributed by atoms with Gasteiger partial charge >= 0.3 is 12.1 Å². The van der Waals surface area contributed by atoms with Gasteiger partial charge in [0, 0.05) is 13.2 Å². The van der Waals surface area contributed by atoms with E-state index in [-0.39, 0.29) is 12.2 Å². The first-order valence-electron chi connectivity index (χ1n) is 4.26. The molecule has 0 aliphatic carbocycles. The van der Waals surface area contributed by atoms with E-state index in [4.69, 9.17) is 0 Å². The minimum absolute atomic E-state index is 0.250. The number of ether oxygens (including phenoxy) is 1. The van der Waals surface area contributed by atoms with Gasteiger partial charge in [-0.3, -0.25) is 9.48 Å². The average Bonchev–Trinajstić information content (AvgIpc) is 2.55. The van der Waals surface area contributed by atoms with Crippen molar-refractivity contribution in [2.45, 2.75) is 6.18 Å². The van der Waals surface area contributed by atoms with Gasteiger partial charge in [0.1, 0.15) is 6.54 Å². The first kappa shape index (κ1) is 12.3. The van der Waals surface area contributed by atoms with Gasteiger partial charge in [-0.2, -0.15) is 18.3 Å². The van der Waals surface area contributed by atoms with Crippen LogP contribution in [0.25, 0.3) is 0 Å². The van der Waals surface area contributed by atoms with Crippen molar-refractivity contribution < 1.29 is 22.7 Å². The van der Waals surface area contributed by atoms with Crippen molar-refractivity contribution >= 4 is 11.7 Å².